The topological polar surface area (TPSA) is 192 Å². The fraction of sp³-hybridized carbons (Fsp3) is 0.591. The molecular formula is C44H62N4O10. The van der Waals surface area contributed by atoms with Gasteiger partial charge in [-0.2, -0.15) is 0 Å². The molecule has 2 aliphatic heterocycles. The molecule has 2 heterocycles. The van der Waals surface area contributed by atoms with Crippen LogP contribution in [0.2, 0.25) is 0 Å². The normalized spacial score (nSPS) is 21.8. The molecule has 4 N–H and O–H groups in total. The number of aliphatic carboxylic acids is 2. The van der Waals surface area contributed by atoms with Crippen LogP contribution in [-0.2, 0) is 57.6 Å². The minimum atomic E-state index is -1.04. The number of rotatable bonds is 17. The quantitative estimate of drug-likeness (QED) is 0.164. The molecule has 318 valence electrons. The number of likely N-dealkylation sites (tertiary alicyclic amines) is 1. The van der Waals surface area contributed by atoms with E-state index in [4.69, 9.17) is 9.47 Å². The molecule has 2 amide bonds. The van der Waals surface area contributed by atoms with Gasteiger partial charge in [0.05, 0.1) is 25.3 Å². The van der Waals surface area contributed by atoms with Gasteiger partial charge >= 0.3 is 23.9 Å². The van der Waals surface area contributed by atoms with Gasteiger partial charge in [0.15, 0.2) is 0 Å². The van der Waals surface area contributed by atoms with E-state index in [0.717, 1.165) is 48.8 Å². The molecule has 2 fully saturated rings. The van der Waals surface area contributed by atoms with Crippen molar-refractivity contribution in [3.63, 3.8) is 0 Å². The molecule has 2 aromatic rings. The number of fused-ring (bicyclic) bond motifs is 2. The molecule has 0 aromatic heterocycles. The maximum atomic E-state index is 13.3. The van der Waals surface area contributed by atoms with E-state index >= 15 is 0 Å². The van der Waals surface area contributed by atoms with Crippen LogP contribution in [0.25, 0.3) is 0 Å². The van der Waals surface area contributed by atoms with Crippen molar-refractivity contribution in [2.45, 2.75) is 148 Å². The number of esters is 2. The second-order valence-electron chi connectivity index (χ2n) is 15.4. The van der Waals surface area contributed by atoms with Gasteiger partial charge in [0.1, 0.15) is 24.2 Å². The van der Waals surface area contributed by atoms with Crippen LogP contribution < -0.4 is 10.6 Å². The Kier molecular flexibility index (Phi) is 17.7. The first-order chi connectivity index (χ1) is 27.8. The average molecular weight is 807 g/mol. The van der Waals surface area contributed by atoms with Crippen LogP contribution in [-0.4, -0.2) is 111 Å². The molecule has 8 atom stereocenters. The Bertz CT molecular complexity index is 1710. The highest BCUT2D eigenvalue weighted by Crippen LogP contribution is 2.40. The van der Waals surface area contributed by atoms with Crippen LogP contribution in [0.15, 0.2) is 54.6 Å². The fourth-order valence-electron chi connectivity index (χ4n) is 8.46. The van der Waals surface area contributed by atoms with Crippen LogP contribution >= 0.6 is 0 Å². The highest BCUT2D eigenvalue weighted by molar-refractivity contribution is 5.89. The molecule has 0 spiro atoms. The number of carboxylic acid groups (broad SMARTS) is 2. The van der Waals surface area contributed by atoms with E-state index in [-0.39, 0.29) is 49.3 Å². The molecule has 14 heteroatoms. The molecule has 3 aliphatic rings. The molecule has 0 unspecified atom stereocenters. The predicted molar refractivity (Wildman–Crippen MR) is 216 cm³/mol. The van der Waals surface area contributed by atoms with Gasteiger partial charge in [-0.1, -0.05) is 80.8 Å². The van der Waals surface area contributed by atoms with Crippen LogP contribution in [0.1, 0.15) is 103 Å². The molecule has 2 aromatic carbocycles. The van der Waals surface area contributed by atoms with Crippen molar-refractivity contribution in [3.8, 4) is 0 Å². The molecule has 14 nitrogen and oxygen atoms in total. The van der Waals surface area contributed by atoms with Crippen molar-refractivity contribution in [2.24, 2.45) is 5.92 Å². The average Bonchev–Trinajstić information content (AvgIpc) is 3.62. The van der Waals surface area contributed by atoms with Crippen molar-refractivity contribution in [1.82, 2.24) is 20.4 Å². The van der Waals surface area contributed by atoms with Crippen molar-refractivity contribution in [1.29, 1.82) is 0 Å². The standard InChI is InChI=1S/C25H30N2O5.C19H32N2O5/c1-3-32-25(31)21(14-13-18-9-5-4-6-10-18)26-17(2)23(28)27-16-20-12-8-7-11-19(20)15-22(27)24(29)30;1-4-8-14(19(25)26-5-2)20-12(3)17(22)21-15-10-7-6-9-13(15)11-16(21)18(23)24/h4-12,17,21-22,26H,3,13-16H2,1-2H3,(H,29,30);12-16,20H,4-11H2,1-3H3,(H,23,24)/t17-,21-,22-;12-,13-,14-,15-,16-/m00/s1. The number of ether oxygens (including phenoxy) is 2. The van der Waals surface area contributed by atoms with Gasteiger partial charge in [0.25, 0.3) is 0 Å². The van der Waals surface area contributed by atoms with E-state index < -0.39 is 54.2 Å². The lowest BCUT2D eigenvalue weighted by atomic mass is 9.84. The van der Waals surface area contributed by atoms with Gasteiger partial charge in [0.2, 0.25) is 11.8 Å². The summed E-state index contributed by atoms with van der Waals surface area (Å²) in [4.78, 5) is 77.6. The summed E-state index contributed by atoms with van der Waals surface area (Å²) >= 11 is 0. The molecule has 1 saturated carbocycles. The lowest BCUT2D eigenvalue weighted by Crippen LogP contribution is -2.56. The van der Waals surface area contributed by atoms with Crippen molar-refractivity contribution < 1.29 is 48.5 Å². The van der Waals surface area contributed by atoms with Gasteiger partial charge in [-0.15, -0.1) is 0 Å². The highest BCUT2D eigenvalue weighted by atomic mass is 16.5. The summed E-state index contributed by atoms with van der Waals surface area (Å²) < 4.78 is 10.3. The van der Waals surface area contributed by atoms with Crippen molar-refractivity contribution >= 4 is 35.7 Å². The van der Waals surface area contributed by atoms with Crippen molar-refractivity contribution in [3.05, 3.63) is 71.3 Å². The zero-order valence-corrected chi connectivity index (χ0v) is 34.6. The number of nitrogens with one attached hydrogen (secondary N) is 2. The number of carbonyl (C=O) groups is 6. The SMILES string of the molecule is CCC[C@H](N[C@@H](C)C(=O)N1[C@H](C(=O)O)C[C@@H]2CCCC[C@@H]21)C(=O)OCC.CCOC(=O)[C@H](CCc1ccccc1)N[C@@H](C)C(=O)N1Cc2ccccc2C[C@H]1C(=O)O. The summed E-state index contributed by atoms with van der Waals surface area (Å²) in [6, 6.07) is 13.1. The third kappa shape index (κ3) is 12.1. The monoisotopic (exact) mass is 806 g/mol. The van der Waals surface area contributed by atoms with Crippen LogP contribution in [0.3, 0.4) is 0 Å². The predicted octanol–water partition coefficient (Wildman–Crippen LogP) is 4.51. The van der Waals surface area contributed by atoms with Crippen LogP contribution in [0, 0.1) is 5.92 Å². The number of carbonyl (C=O) groups excluding carboxylic acids is 4. The summed E-state index contributed by atoms with van der Waals surface area (Å²) in [6.07, 6.45) is 7.25. The Hall–Kier alpha value is -4.82. The first-order valence-electron chi connectivity index (χ1n) is 20.8. The lowest BCUT2D eigenvalue weighted by Gasteiger charge is -2.36. The van der Waals surface area contributed by atoms with Gasteiger partial charge in [-0.25, -0.2) is 9.59 Å². The van der Waals surface area contributed by atoms with Crippen LogP contribution in [0.4, 0.5) is 0 Å². The summed E-state index contributed by atoms with van der Waals surface area (Å²) in [5.74, 6) is -3.04. The van der Waals surface area contributed by atoms with E-state index in [2.05, 4.69) is 10.6 Å². The van der Waals surface area contributed by atoms with Crippen LogP contribution in [0.5, 0.6) is 0 Å². The molecule has 1 saturated heterocycles. The maximum absolute atomic E-state index is 13.3. The Labute approximate surface area is 342 Å². The highest BCUT2D eigenvalue weighted by Gasteiger charge is 2.48. The number of carboxylic acids is 2. The Balaban J connectivity index is 0.000000262. The zero-order valence-electron chi connectivity index (χ0n) is 34.6. The maximum Gasteiger partial charge on any atom is 0.326 e. The largest absolute Gasteiger partial charge is 0.480 e. The lowest BCUT2D eigenvalue weighted by molar-refractivity contribution is -0.153. The van der Waals surface area contributed by atoms with E-state index in [1.54, 1.807) is 32.6 Å². The minimum Gasteiger partial charge on any atom is -0.480 e. The number of nitrogens with zero attached hydrogens (tertiary/aromatic N) is 2. The second kappa shape index (κ2) is 22.4. The smallest absolute Gasteiger partial charge is 0.326 e. The first kappa shape index (κ1) is 45.9. The Morgan fingerprint density at radius 2 is 1.28 bits per heavy atom. The molecular weight excluding hydrogens is 745 g/mol. The van der Waals surface area contributed by atoms with Gasteiger partial charge in [-0.3, -0.25) is 29.8 Å². The summed E-state index contributed by atoms with van der Waals surface area (Å²) in [5, 5.41) is 25.5. The number of amides is 2. The molecule has 58 heavy (non-hydrogen) atoms. The molecule has 0 radical (unpaired) electrons. The molecule has 5 rings (SSSR count). The second-order valence-corrected chi connectivity index (χ2v) is 15.4. The number of aryl methyl sites for hydroxylation is 1. The number of hydrogen-bond donors (Lipinski definition) is 4. The van der Waals surface area contributed by atoms with Gasteiger partial charge < -0.3 is 29.5 Å². The number of benzene rings is 2. The van der Waals surface area contributed by atoms with Gasteiger partial charge in [0, 0.05) is 19.0 Å². The Morgan fingerprint density at radius 1 is 0.724 bits per heavy atom. The van der Waals surface area contributed by atoms with E-state index in [1.165, 1.54) is 4.90 Å². The fourth-order valence-corrected chi connectivity index (χ4v) is 8.46. The third-order valence-corrected chi connectivity index (χ3v) is 11.4. The van der Waals surface area contributed by atoms with Crippen molar-refractivity contribution in [2.75, 3.05) is 13.2 Å². The third-order valence-electron chi connectivity index (χ3n) is 11.4. The zero-order chi connectivity index (χ0) is 42.4. The first-order valence-corrected chi connectivity index (χ1v) is 20.8. The number of hydrogen-bond acceptors (Lipinski definition) is 10. The minimum absolute atomic E-state index is 0.00817. The molecule has 0 bridgehead atoms. The van der Waals surface area contributed by atoms with Gasteiger partial charge in [-0.05, 0) is 88.8 Å². The van der Waals surface area contributed by atoms with E-state index in [9.17, 15) is 39.0 Å². The summed E-state index contributed by atoms with van der Waals surface area (Å²) in [6.45, 7) is 9.59. The van der Waals surface area contributed by atoms with E-state index in [0.29, 0.717) is 32.3 Å². The molecule has 1 aliphatic carbocycles. The van der Waals surface area contributed by atoms with E-state index in [1.807, 2.05) is 61.5 Å². The Morgan fingerprint density at radius 3 is 1.86 bits per heavy atom. The summed E-state index contributed by atoms with van der Waals surface area (Å²) in [7, 11) is 0. The summed E-state index contributed by atoms with van der Waals surface area (Å²) in [5.41, 5.74) is 2.97.